The van der Waals surface area contributed by atoms with Crippen LogP contribution in [0.15, 0.2) is 18.2 Å². The Bertz CT molecular complexity index is 319. The molecule has 0 fully saturated rings. The highest BCUT2D eigenvalue weighted by atomic mass is 19.2. The molecule has 0 saturated carbocycles. The van der Waals surface area contributed by atoms with Crippen molar-refractivity contribution in [3.8, 4) is 5.75 Å². The number of phenolic OH excluding ortho intramolecular Hbond substituents is 1. The molecule has 0 radical (unpaired) electrons. The quantitative estimate of drug-likeness (QED) is 0.687. The van der Waals surface area contributed by atoms with Gasteiger partial charge in [-0.1, -0.05) is 12.2 Å². The van der Waals surface area contributed by atoms with Gasteiger partial charge in [0.15, 0.2) is 11.6 Å². The van der Waals surface area contributed by atoms with Gasteiger partial charge in [-0.25, -0.2) is 4.39 Å². The Morgan fingerprint density at radius 2 is 1.92 bits per heavy atom. The summed E-state index contributed by atoms with van der Waals surface area (Å²) in [5.41, 5.74) is 0.132. The molecule has 0 spiro atoms. The van der Waals surface area contributed by atoms with Crippen molar-refractivity contribution < 1.29 is 13.9 Å². The van der Waals surface area contributed by atoms with Crippen molar-refractivity contribution in [2.24, 2.45) is 0 Å². The Morgan fingerprint density at radius 3 is 2.50 bits per heavy atom. The van der Waals surface area contributed by atoms with Crippen LogP contribution >= 0.6 is 0 Å². The maximum atomic E-state index is 12.9. The third-order valence-electron chi connectivity index (χ3n) is 1.44. The summed E-state index contributed by atoms with van der Waals surface area (Å²) in [5.74, 6) is -2.89. The molecule has 64 valence electrons. The molecule has 3 heteroatoms. The molecule has 0 bridgehead atoms. The van der Waals surface area contributed by atoms with E-state index in [2.05, 4.69) is 0 Å². The lowest BCUT2D eigenvalue weighted by atomic mass is 10.2. The van der Waals surface area contributed by atoms with Crippen LogP contribution in [0.3, 0.4) is 0 Å². The van der Waals surface area contributed by atoms with Crippen LogP contribution in [-0.4, -0.2) is 5.11 Å². The summed E-state index contributed by atoms with van der Waals surface area (Å²) in [6.45, 7) is 1.70. The van der Waals surface area contributed by atoms with E-state index in [9.17, 15) is 8.78 Å². The maximum Gasteiger partial charge on any atom is 0.200 e. The highest BCUT2D eigenvalue weighted by Gasteiger charge is 2.09. The summed E-state index contributed by atoms with van der Waals surface area (Å²) in [5, 5.41) is 8.75. The highest BCUT2D eigenvalue weighted by molar-refractivity contribution is 5.51. The molecule has 0 unspecified atom stereocenters. The normalized spacial score (nSPS) is 10.9. The fourth-order valence-electron chi connectivity index (χ4n) is 0.862. The summed E-state index contributed by atoms with van der Waals surface area (Å²) in [6.07, 6.45) is 3.02. The summed E-state index contributed by atoms with van der Waals surface area (Å²) in [7, 11) is 0. The van der Waals surface area contributed by atoms with Gasteiger partial charge in [0.2, 0.25) is 5.82 Å². The van der Waals surface area contributed by atoms with Crippen molar-refractivity contribution in [2.75, 3.05) is 0 Å². The molecular weight excluding hydrogens is 162 g/mol. The molecular formula is C9H8F2O. The molecule has 0 aliphatic heterocycles. The Labute approximate surface area is 69.0 Å². The van der Waals surface area contributed by atoms with Crippen LogP contribution in [0.25, 0.3) is 6.08 Å². The van der Waals surface area contributed by atoms with Crippen molar-refractivity contribution in [1.29, 1.82) is 0 Å². The van der Waals surface area contributed by atoms with Crippen LogP contribution in [0.2, 0.25) is 0 Å². The summed E-state index contributed by atoms with van der Waals surface area (Å²) >= 11 is 0. The van der Waals surface area contributed by atoms with Crippen LogP contribution in [0, 0.1) is 11.6 Å². The van der Waals surface area contributed by atoms with Crippen molar-refractivity contribution >= 4 is 6.08 Å². The topological polar surface area (TPSA) is 20.2 Å². The lowest BCUT2D eigenvalue weighted by molar-refractivity contribution is 0.406. The Kier molecular flexibility index (Phi) is 2.43. The first kappa shape index (κ1) is 8.71. The Hall–Kier alpha value is -1.38. The highest BCUT2D eigenvalue weighted by Crippen LogP contribution is 2.21. The van der Waals surface area contributed by atoms with Gasteiger partial charge in [-0.2, -0.15) is 4.39 Å². The minimum Gasteiger partial charge on any atom is -0.505 e. The average Bonchev–Trinajstić information content (AvgIpc) is 2.07. The molecule has 1 nitrogen and oxygen atoms in total. The van der Waals surface area contributed by atoms with E-state index in [0.29, 0.717) is 0 Å². The zero-order valence-electron chi connectivity index (χ0n) is 6.51. The van der Waals surface area contributed by atoms with Gasteiger partial charge in [-0.05, 0) is 19.1 Å². The van der Waals surface area contributed by atoms with Gasteiger partial charge in [0.05, 0.1) is 0 Å². The van der Waals surface area contributed by atoms with E-state index in [1.54, 1.807) is 13.0 Å². The smallest absolute Gasteiger partial charge is 0.200 e. The Balaban J connectivity index is 3.26. The predicted molar refractivity (Wildman–Crippen MR) is 42.7 cm³/mol. The van der Waals surface area contributed by atoms with E-state index in [0.717, 1.165) is 6.07 Å². The molecule has 1 aromatic carbocycles. The number of halogens is 2. The maximum absolute atomic E-state index is 12.9. The number of aromatic hydroxyl groups is 1. The lowest BCUT2D eigenvalue weighted by Gasteiger charge is -1.99. The van der Waals surface area contributed by atoms with E-state index in [1.807, 2.05) is 0 Å². The molecule has 0 aliphatic rings. The minimum absolute atomic E-state index is 0.132. The molecule has 0 atom stereocenters. The summed E-state index contributed by atoms with van der Waals surface area (Å²) in [6, 6.07) is 2.43. The first-order chi connectivity index (χ1) is 5.66. The number of benzene rings is 1. The number of hydrogen-bond acceptors (Lipinski definition) is 1. The van der Waals surface area contributed by atoms with Crippen LogP contribution in [0.4, 0.5) is 8.78 Å². The van der Waals surface area contributed by atoms with Crippen molar-refractivity contribution in [3.05, 3.63) is 35.4 Å². The minimum atomic E-state index is -1.20. The second-order valence-electron chi connectivity index (χ2n) is 2.30. The van der Waals surface area contributed by atoms with Crippen molar-refractivity contribution in [2.45, 2.75) is 6.92 Å². The molecule has 1 rings (SSSR count). The molecule has 0 aliphatic carbocycles. The van der Waals surface area contributed by atoms with Crippen LogP contribution < -0.4 is 0 Å². The van der Waals surface area contributed by atoms with Crippen LogP contribution in [0.5, 0.6) is 5.75 Å². The zero-order valence-corrected chi connectivity index (χ0v) is 6.51. The third-order valence-corrected chi connectivity index (χ3v) is 1.44. The van der Waals surface area contributed by atoms with Gasteiger partial charge in [0, 0.05) is 5.56 Å². The second kappa shape index (κ2) is 3.34. The number of phenols is 1. The molecule has 1 aromatic rings. The van der Waals surface area contributed by atoms with Gasteiger partial charge < -0.3 is 5.11 Å². The monoisotopic (exact) mass is 170 g/mol. The van der Waals surface area contributed by atoms with Crippen molar-refractivity contribution in [1.82, 2.24) is 0 Å². The molecule has 12 heavy (non-hydrogen) atoms. The van der Waals surface area contributed by atoms with Gasteiger partial charge in [-0.15, -0.1) is 0 Å². The van der Waals surface area contributed by atoms with Crippen LogP contribution in [0.1, 0.15) is 12.5 Å². The van der Waals surface area contributed by atoms with E-state index in [4.69, 9.17) is 5.11 Å². The molecule has 0 heterocycles. The largest absolute Gasteiger partial charge is 0.505 e. The fourth-order valence-corrected chi connectivity index (χ4v) is 0.862. The van der Waals surface area contributed by atoms with E-state index in [1.165, 1.54) is 12.1 Å². The average molecular weight is 170 g/mol. The van der Waals surface area contributed by atoms with E-state index < -0.39 is 17.4 Å². The number of rotatable bonds is 1. The Morgan fingerprint density at radius 1 is 1.25 bits per heavy atom. The molecule has 1 N–H and O–H groups in total. The standard InChI is InChI=1S/C9H8F2O/c1-2-3-6-4-5-7(12)9(11)8(6)10/h2-5,12H,1H3/b3-2+. The van der Waals surface area contributed by atoms with E-state index >= 15 is 0 Å². The predicted octanol–water partition coefficient (Wildman–Crippen LogP) is 2.70. The molecule has 0 aromatic heterocycles. The second-order valence-corrected chi connectivity index (χ2v) is 2.30. The summed E-state index contributed by atoms with van der Waals surface area (Å²) < 4.78 is 25.5. The van der Waals surface area contributed by atoms with Gasteiger partial charge in [-0.3, -0.25) is 0 Å². The van der Waals surface area contributed by atoms with Gasteiger partial charge in [0.25, 0.3) is 0 Å². The third kappa shape index (κ3) is 1.44. The van der Waals surface area contributed by atoms with E-state index in [-0.39, 0.29) is 5.56 Å². The number of hydrogen-bond donors (Lipinski definition) is 1. The molecule has 0 saturated heterocycles. The molecule has 0 amide bonds. The fraction of sp³-hybridized carbons (Fsp3) is 0.111. The first-order valence-corrected chi connectivity index (χ1v) is 3.46. The van der Waals surface area contributed by atoms with Gasteiger partial charge >= 0.3 is 0 Å². The first-order valence-electron chi connectivity index (χ1n) is 3.46. The van der Waals surface area contributed by atoms with Crippen molar-refractivity contribution in [3.63, 3.8) is 0 Å². The summed E-state index contributed by atoms with van der Waals surface area (Å²) in [4.78, 5) is 0. The zero-order chi connectivity index (χ0) is 9.14. The number of allylic oxidation sites excluding steroid dienone is 1. The van der Waals surface area contributed by atoms with Crippen LogP contribution in [-0.2, 0) is 0 Å². The SMILES string of the molecule is C/C=C/c1ccc(O)c(F)c1F. The van der Waals surface area contributed by atoms with Gasteiger partial charge in [0.1, 0.15) is 0 Å². The lowest BCUT2D eigenvalue weighted by Crippen LogP contribution is -1.88.